The molecule has 0 aliphatic heterocycles. The second-order valence-electron chi connectivity index (χ2n) is 4.43. The van der Waals surface area contributed by atoms with E-state index in [4.69, 9.17) is 5.73 Å². The molecule has 2 aromatic heterocycles. The molecule has 0 fully saturated rings. The van der Waals surface area contributed by atoms with Crippen LogP contribution in [0.1, 0.15) is 23.0 Å². The van der Waals surface area contributed by atoms with E-state index < -0.39 is 0 Å². The van der Waals surface area contributed by atoms with E-state index in [0.29, 0.717) is 11.5 Å². The van der Waals surface area contributed by atoms with Crippen LogP contribution in [-0.2, 0) is 6.42 Å². The van der Waals surface area contributed by atoms with Crippen molar-refractivity contribution < 1.29 is 4.79 Å². The van der Waals surface area contributed by atoms with E-state index in [-0.39, 0.29) is 11.9 Å². The van der Waals surface area contributed by atoms with Gasteiger partial charge in [-0.25, -0.2) is 9.67 Å². The molecule has 3 N–H and O–H groups in total. The number of carbonyl (C=O) groups is 1. The number of pyridine rings is 1. The third-order valence-electron chi connectivity index (χ3n) is 2.65. The summed E-state index contributed by atoms with van der Waals surface area (Å²) in [6.45, 7) is 1.96. The third kappa shape index (κ3) is 3.17. The predicted molar refractivity (Wildman–Crippen MR) is 72.1 cm³/mol. The van der Waals surface area contributed by atoms with E-state index in [1.807, 2.05) is 19.1 Å². The monoisotopic (exact) mass is 259 g/mol. The predicted octanol–water partition coefficient (Wildman–Crippen LogP) is 0.517. The lowest BCUT2D eigenvalue weighted by Gasteiger charge is -2.05. The maximum Gasteiger partial charge on any atom is 0.271 e. The molecule has 0 aromatic carbocycles. The molecule has 0 aliphatic rings. The molecule has 1 unspecified atom stereocenters. The van der Waals surface area contributed by atoms with Gasteiger partial charge in [-0.05, 0) is 31.0 Å². The second kappa shape index (κ2) is 5.62. The molecule has 0 saturated carbocycles. The van der Waals surface area contributed by atoms with Crippen LogP contribution in [0.5, 0.6) is 0 Å². The fourth-order valence-corrected chi connectivity index (χ4v) is 1.75. The summed E-state index contributed by atoms with van der Waals surface area (Å²) in [4.78, 5) is 15.7. The van der Waals surface area contributed by atoms with Gasteiger partial charge in [0.15, 0.2) is 11.5 Å². The van der Waals surface area contributed by atoms with Crippen LogP contribution in [0.4, 0.5) is 0 Å². The quantitative estimate of drug-likeness (QED) is 0.838. The highest BCUT2D eigenvalue weighted by Crippen LogP contribution is 2.07. The van der Waals surface area contributed by atoms with Gasteiger partial charge in [0.2, 0.25) is 0 Å². The van der Waals surface area contributed by atoms with Crippen molar-refractivity contribution in [2.45, 2.75) is 19.4 Å². The van der Waals surface area contributed by atoms with Crippen LogP contribution in [0.2, 0.25) is 0 Å². The van der Waals surface area contributed by atoms with Crippen molar-refractivity contribution >= 4 is 5.91 Å². The van der Waals surface area contributed by atoms with Crippen LogP contribution < -0.4 is 11.1 Å². The molecule has 2 rings (SSSR count). The van der Waals surface area contributed by atoms with Crippen molar-refractivity contribution in [2.75, 3.05) is 7.05 Å². The fourth-order valence-electron chi connectivity index (χ4n) is 1.75. The van der Waals surface area contributed by atoms with Crippen molar-refractivity contribution in [1.82, 2.24) is 20.1 Å². The summed E-state index contributed by atoms with van der Waals surface area (Å²) in [5.41, 5.74) is 7.18. The second-order valence-corrected chi connectivity index (χ2v) is 4.43. The summed E-state index contributed by atoms with van der Waals surface area (Å²) in [6, 6.07) is 5.58. The highest BCUT2D eigenvalue weighted by atomic mass is 16.1. The zero-order valence-corrected chi connectivity index (χ0v) is 11.0. The molecule has 0 aliphatic carbocycles. The number of hydrogen-bond acceptors (Lipinski definition) is 4. The van der Waals surface area contributed by atoms with Gasteiger partial charge >= 0.3 is 0 Å². The summed E-state index contributed by atoms with van der Waals surface area (Å²) >= 11 is 0. The molecule has 0 spiro atoms. The maximum atomic E-state index is 11.4. The summed E-state index contributed by atoms with van der Waals surface area (Å²) in [5, 5.41) is 6.69. The van der Waals surface area contributed by atoms with E-state index in [1.165, 1.54) is 0 Å². The number of hydrogen-bond donors (Lipinski definition) is 2. The number of carbonyl (C=O) groups excluding carboxylic acids is 1. The number of aromatic nitrogens is 3. The van der Waals surface area contributed by atoms with Crippen molar-refractivity contribution in [1.29, 1.82) is 0 Å². The van der Waals surface area contributed by atoms with Crippen molar-refractivity contribution in [2.24, 2.45) is 5.73 Å². The van der Waals surface area contributed by atoms with Gasteiger partial charge in [-0.15, -0.1) is 0 Å². The summed E-state index contributed by atoms with van der Waals surface area (Å²) < 4.78 is 1.57. The van der Waals surface area contributed by atoms with Gasteiger partial charge in [-0.1, -0.05) is 6.07 Å². The van der Waals surface area contributed by atoms with Gasteiger partial charge < -0.3 is 11.1 Å². The Labute approximate surface area is 111 Å². The van der Waals surface area contributed by atoms with E-state index in [2.05, 4.69) is 15.4 Å². The van der Waals surface area contributed by atoms with E-state index >= 15 is 0 Å². The molecular formula is C13H17N5O. The zero-order valence-electron chi connectivity index (χ0n) is 11.0. The Morgan fingerprint density at radius 2 is 2.26 bits per heavy atom. The number of nitrogens with two attached hydrogens (primary N) is 1. The molecule has 0 saturated heterocycles. The lowest BCUT2D eigenvalue weighted by Crippen LogP contribution is -2.18. The highest BCUT2D eigenvalue weighted by Gasteiger charge is 2.08. The summed E-state index contributed by atoms with van der Waals surface area (Å²) in [5.74, 6) is 0.455. The van der Waals surface area contributed by atoms with Gasteiger partial charge in [-0.2, -0.15) is 5.10 Å². The van der Waals surface area contributed by atoms with Crippen molar-refractivity contribution in [3.8, 4) is 5.82 Å². The molecule has 0 bridgehead atoms. The van der Waals surface area contributed by atoms with Crippen LogP contribution >= 0.6 is 0 Å². The lowest BCUT2D eigenvalue weighted by molar-refractivity contribution is 0.0957. The zero-order chi connectivity index (χ0) is 13.8. The van der Waals surface area contributed by atoms with E-state index in [1.54, 1.807) is 30.2 Å². The molecule has 1 amide bonds. The molecule has 2 heterocycles. The van der Waals surface area contributed by atoms with Crippen LogP contribution in [0.15, 0.2) is 30.6 Å². The minimum absolute atomic E-state index is 0.109. The first kappa shape index (κ1) is 13.2. The van der Waals surface area contributed by atoms with Gasteiger partial charge in [0.1, 0.15) is 0 Å². The Kier molecular flexibility index (Phi) is 3.91. The normalized spacial score (nSPS) is 12.2. The standard InChI is InChI=1S/C13H17N5O/c1-9(14)7-10-3-4-12(16-8-10)18-6-5-11(17-18)13(19)15-2/h3-6,8-9H,7,14H2,1-2H3,(H,15,19). The first-order valence-corrected chi connectivity index (χ1v) is 6.09. The largest absolute Gasteiger partial charge is 0.354 e. The average Bonchev–Trinajstić information content (AvgIpc) is 2.87. The summed E-state index contributed by atoms with van der Waals surface area (Å²) in [6.07, 6.45) is 4.27. The fraction of sp³-hybridized carbons (Fsp3) is 0.308. The smallest absolute Gasteiger partial charge is 0.271 e. The van der Waals surface area contributed by atoms with Crippen LogP contribution in [0, 0.1) is 0 Å². The molecule has 0 radical (unpaired) electrons. The van der Waals surface area contributed by atoms with Gasteiger partial charge in [0, 0.05) is 25.5 Å². The molecule has 6 nitrogen and oxygen atoms in total. The van der Waals surface area contributed by atoms with Crippen LogP contribution in [0.3, 0.4) is 0 Å². The molecule has 100 valence electrons. The number of rotatable bonds is 4. The number of nitrogens with zero attached hydrogens (tertiary/aromatic N) is 3. The average molecular weight is 259 g/mol. The topological polar surface area (TPSA) is 85.8 Å². The summed E-state index contributed by atoms with van der Waals surface area (Å²) in [7, 11) is 1.57. The Morgan fingerprint density at radius 3 is 2.84 bits per heavy atom. The Bertz CT molecular complexity index is 559. The van der Waals surface area contributed by atoms with Gasteiger partial charge in [-0.3, -0.25) is 4.79 Å². The first-order chi connectivity index (χ1) is 9.10. The molecule has 1 atom stereocenters. The molecule has 19 heavy (non-hydrogen) atoms. The van der Waals surface area contributed by atoms with Crippen LogP contribution in [0.25, 0.3) is 5.82 Å². The van der Waals surface area contributed by atoms with Gasteiger partial charge in [0.05, 0.1) is 0 Å². The minimum Gasteiger partial charge on any atom is -0.354 e. The lowest BCUT2D eigenvalue weighted by atomic mass is 10.1. The Morgan fingerprint density at radius 1 is 1.47 bits per heavy atom. The number of nitrogens with one attached hydrogen (secondary N) is 1. The third-order valence-corrected chi connectivity index (χ3v) is 2.65. The van der Waals surface area contributed by atoms with Crippen LogP contribution in [-0.4, -0.2) is 33.8 Å². The minimum atomic E-state index is -0.215. The van der Waals surface area contributed by atoms with E-state index in [0.717, 1.165) is 12.0 Å². The molecule has 6 heteroatoms. The van der Waals surface area contributed by atoms with Gasteiger partial charge in [0.25, 0.3) is 5.91 Å². The maximum absolute atomic E-state index is 11.4. The Balaban J connectivity index is 2.18. The van der Waals surface area contributed by atoms with Crippen molar-refractivity contribution in [3.63, 3.8) is 0 Å². The Hall–Kier alpha value is -2.21. The molecular weight excluding hydrogens is 242 g/mol. The number of amides is 1. The van der Waals surface area contributed by atoms with E-state index in [9.17, 15) is 4.79 Å². The highest BCUT2D eigenvalue weighted by molar-refractivity contribution is 5.91. The first-order valence-electron chi connectivity index (χ1n) is 6.09. The van der Waals surface area contributed by atoms with Crippen molar-refractivity contribution in [3.05, 3.63) is 41.9 Å². The SMILES string of the molecule is CNC(=O)c1ccn(-c2ccc(CC(C)N)cn2)n1. The molecule has 2 aromatic rings.